The summed E-state index contributed by atoms with van der Waals surface area (Å²) in [6, 6.07) is 15.1. The number of hydrogen-bond donors (Lipinski definition) is 1. The van der Waals surface area contributed by atoms with Gasteiger partial charge in [-0.25, -0.2) is 0 Å². The largest absolute Gasteiger partial charge is 0.482 e. The maximum absolute atomic E-state index is 13.6. The van der Waals surface area contributed by atoms with Gasteiger partial charge in [-0.2, -0.15) is 0 Å². The maximum atomic E-state index is 13.6. The van der Waals surface area contributed by atoms with E-state index in [2.05, 4.69) is 5.32 Å². The predicted molar refractivity (Wildman–Crippen MR) is 156 cm³/mol. The van der Waals surface area contributed by atoms with E-state index in [1.165, 1.54) is 37.4 Å². The summed E-state index contributed by atoms with van der Waals surface area (Å²) in [5.41, 5.74) is 1.52. The molecule has 0 atom stereocenters. The van der Waals surface area contributed by atoms with Crippen LogP contribution in [-0.4, -0.2) is 40.6 Å². The molecule has 1 aliphatic heterocycles. The Morgan fingerprint density at radius 3 is 2.45 bits per heavy atom. The lowest BCUT2D eigenvalue weighted by Crippen LogP contribution is -2.41. The minimum absolute atomic E-state index is 0.0468. The third-order valence-electron chi connectivity index (χ3n) is 7.31. The number of rotatable bonds is 7. The molecule has 1 N–H and O–H groups in total. The van der Waals surface area contributed by atoms with E-state index in [1.807, 2.05) is 47.4 Å². The number of hydrogen-bond acceptors (Lipinski definition) is 5. The van der Waals surface area contributed by atoms with Gasteiger partial charge in [0, 0.05) is 11.7 Å². The van der Waals surface area contributed by atoms with Crippen molar-refractivity contribution in [1.82, 2.24) is 4.90 Å². The third kappa shape index (κ3) is 6.80. The van der Waals surface area contributed by atoms with Gasteiger partial charge in [-0.3, -0.25) is 19.5 Å². The van der Waals surface area contributed by atoms with E-state index in [9.17, 15) is 9.59 Å². The fourth-order valence-electron chi connectivity index (χ4n) is 5.34. The molecular formula is C30H34ClN3O3S. The van der Waals surface area contributed by atoms with Crippen LogP contribution in [0, 0.1) is 0 Å². The number of benzene rings is 2. The van der Waals surface area contributed by atoms with Gasteiger partial charge in [0.1, 0.15) is 5.75 Å². The van der Waals surface area contributed by atoms with Gasteiger partial charge in [-0.05, 0) is 73.4 Å². The van der Waals surface area contributed by atoms with Crippen molar-refractivity contribution in [2.45, 2.75) is 76.3 Å². The van der Waals surface area contributed by atoms with E-state index in [0.29, 0.717) is 27.4 Å². The van der Waals surface area contributed by atoms with Crippen molar-refractivity contribution in [2.75, 3.05) is 11.9 Å². The molecule has 1 saturated heterocycles. The number of carbonyl (C=O) groups excluding carboxylic acids is 2. The van der Waals surface area contributed by atoms with E-state index in [0.717, 1.165) is 49.3 Å². The highest BCUT2D eigenvalue weighted by Gasteiger charge is 2.39. The van der Waals surface area contributed by atoms with Crippen molar-refractivity contribution in [3.8, 4) is 5.75 Å². The van der Waals surface area contributed by atoms with Gasteiger partial charge >= 0.3 is 0 Å². The van der Waals surface area contributed by atoms with E-state index in [-0.39, 0.29) is 24.5 Å². The number of nitrogens with one attached hydrogen (secondary N) is 1. The van der Waals surface area contributed by atoms with Crippen LogP contribution >= 0.6 is 23.4 Å². The van der Waals surface area contributed by atoms with Crippen LogP contribution in [0.15, 0.2) is 58.4 Å². The van der Waals surface area contributed by atoms with Gasteiger partial charge < -0.3 is 10.1 Å². The van der Waals surface area contributed by atoms with Crippen LogP contribution in [0.5, 0.6) is 5.75 Å². The molecular weight excluding hydrogens is 518 g/mol. The zero-order chi connectivity index (χ0) is 26.3. The summed E-state index contributed by atoms with van der Waals surface area (Å²) in [6.07, 6.45) is 13.5. The minimum atomic E-state index is -0.265. The molecule has 0 spiro atoms. The number of halogens is 1. The molecule has 38 heavy (non-hydrogen) atoms. The molecule has 2 aromatic carbocycles. The van der Waals surface area contributed by atoms with E-state index in [1.54, 1.807) is 12.1 Å². The Morgan fingerprint density at radius 1 is 1.03 bits per heavy atom. The van der Waals surface area contributed by atoms with E-state index in [4.69, 9.17) is 21.3 Å². The number of anilines is 1. The Hall–Kier alpha value is -2.77. The van der Waals surface area contributed by atoms with Gasteiger partial charge in [-0.1, -0.05) is 74.4 Å². The molecule has 2 aromatic rings. The summed E-state index contributed by atoms with van der Waals surface area (Å²) in [4.78, 5) is 33.6. The number of aliphatic imine (C=N–C) groups is 1. The second-order valence-corrected chi connectivity index (χ2v) is 11.6. The molecule has 0 radical (unpaired) electrons. The fourth-order valence-corrected chi connectivity index (χ4v) is 6.69. The van der Waals surface area contributed by atoms with E-state index >= 15 is 0 Å². The molecule has 0 unspecified atom stereocenters. The zero-order valence-corrected chi connectivity index (χ0v) is 23.1. The molecule has 200 valence electrons. The zero-order valence-electron chi connectivity index (χ0n) is 21.5. The van der Waals surface area contributed by atoms with Gasteiger partial charge in [0.25, 0.3) is 11.8 Å². The Bertz CT molecular complexity index is 1200. The van der Waals surface area contributed by atoms with Crippen molar-refractivity contribution in [3.05, 3.63) is 64.0 Å². The van der Waals surface area contributed by atoms with Crippen LogP contribution in [0.4, 0.5) is 5.69 Å². The molecule has 8 heteroatoms. The molecule has 2 saturated carbocycles. The first-order valence-corrected chi connectivity index (χ1v) is 14.8. The lowest BCUT2D eigenvalue weighted by molar-refractivity contribution is -0.124. The van der Waals surface area contributed by atoms with Crippen molar-refractivity contribution >= 4 is 52.1 Å². The molecule has 0 aromatic heterocycles. The molecule has 3 fully saturated rings. The molecule has 1 heterocycles. The molecule has 5 rings (SSSR count). The Morgan fingerprint density at radius 2 is 1.74 bits per heavy atom. The summed E-state index contributed by atoms with van der Waals surface area (Å²) in [5, 5.41) is 4.05. The molecule has 3 aliphatic rings. The average Bonchev–Trinajstić information content (AvgIpc) is 3.23. The second-order valence-electron chi connectivity index (χ2n) is 10.2. The number of thioether (sulfide) groups is 1. The van der Waals surface area contributed by atoms with Crippen LogP contribution in [0.1, 0.15) is 69.8 Å². The highest BCUT2D eigenvalue weighted by Crippen LogP contribution is 2.39. The SMILES string of the molecule is O=C(COc1ccc(C=C2SC(=NC3CCCCC3)N(C3CCCCC3)C2=O)cc1Cl)Nc1ccccc1. The van der Waals surface area contributed by atoms with Crippen LogP contribution < -0.4 is 10.1 Å². The highest BCUT2D eigenvalue weighted by atomic mass is 35.5. The number of amides is 2. The number of para-hydroxylation sites is 1. The van der Waals surface area contributed by atoms with Crippen LogP contribution in [-0.2, 0) is 9.59 Å². The second kappa shape index (κ2) is 12.9. The lowest BCUT2D eigenvalue weighted by Gasteiger charge is -2.31. The topological polar surface area (TPSA) is 71.0 Å². The Kier molecular flexibility index (Phi) is 9.07. The smallest absolute Gasteiger partial charge is 0.266 e. The van der Waals surface area contributed by atoms with Crippen LogP contribution in [0.25, 0.3) is 6.08 Å². The first-order valence-electron chi connectivity index (χ1n) is 13.6. The lowest BCUT2D eigenvalue weighted by atomic mass is 9.94. The monoisotopic (exact) mass is 551 g/mol. The normalized spacial score (nSPS) is 21.3. The van der Waals surface area contributed by atoms with Crippen LogP contribution in [0.2, 0.25) is 5.02 Å². The molecule has 2 aliphatic carbocycles. The standard InChI is InChI=1S/C30H34ClN3O3S/c31-25-18-21(16-17-26(25)37-20-28(35)32-22-10-4-1-5-11-22)19-27-29(36)34(24-14-8-3-9-15-24)30(38-27)33-23-12-6-2-7-13-23/h1,4-5,10-11,16-19,23-24H,2-3,6-9,12-15,20H2,(H,32,35). The Labute approximate surface area is 233 Å². The summed E-state index contributed by atoms with van der Waals surface area (Å²) < 4.78 is 5.65. The van der Waals surface area contributed by atoms with Crippen molar-refractivity contribution in [2.24, 2.45) is 4.99 Å². The van der Waals surface area contributed by atoms with Gasteiger partial charge in [0.05, 0.1) is 16.0 Å². The average molecular weight is 552 g/mol. The van der Waals surface area contributed by atoms with E-state index < -0.39 is 0 Å². The third-order valence-corrected chi connectivity index (χ3v) is 8.61. The summed E-state index contributed by atoms with van der Waals surface area (Å²) >= 11 is 7.99. The van der Waals surface area contributed by atoms with Gasteiger partial charge in [0.2, 0.25) is 0 Å². The molecule has 2 amide bonds. The Balaban J connectivity index is 1.28. The predicted octanol–water partition coefficient (Wildman–Crippen LogP) is 7.30. The molecule has 0 bridgehead atoms. The van der Waals surface area contributed by atoms with Gasteiger partial charge in [0.15, 0.2) is 11.8 Å². The fraction of sp³-hybridized carbons (Fsp3) is 0.433. The van der Waals surface area contributed by atoms with Crippen molar-refractivity contribution in [3.63, 3.8) is 0 Å². The van der Waals surface area contributed by atoms with Gasteiger partial charge in [-0.15, -0.1) is 0 Å². The number of nitrogens with zero attached hydrogens (tertiary/aromatic N) is 2. The first kappa shape index (κ1) is 26.8. The minimum Gasteiger partial charge on any atom is -0.482 e. The highest BCUT2D eigenvalue weighted by molar-refractivity contribution is 8.18. The summed E-state index contributed by atoms with van der Waals surface area (Å²) in [6.45, 7) is -0.152. The number of carbonyl (C=O) groups is 2. The molecule has 6 nitrogen and oxygen atoms in total. The van der Waals surface area contributed by atoms with Crippen molar-refractivity contribution < 1.29 is 14.3 Å². The summed E-state index contributed by atoms with van der Waals surface area (Å²) in [7, 11) is 0. The quantitative estimate of drug-likeness (QED) is 0.367. The maximum Gasteiger partial charge on any atom is 0.266 e. The van der Waals surface area contributed by atoms with Crippen LogP contribution in [0.3, 0.4) is 0 Å². The number of amidine groups is 1. The number of ether oxygens (including phenoxy) is 1. The van der Waals surface area contributed by atoms with Crippen molar-refractivity contribution in [1.29, 1.82) is 0 Å². The summed E-state index contributed by atoms with van der Waals surface area (Å²) in [5.74, 6) is 0.204. The first-order chi connectivity index (χ1) is 18.6.